The molecule has 0 saturated heterocycles. The van der Waals surface area contributed by atoms with Crippen LogP contribution in [0.15, 0.2) is 12.1 Å². The number of H-pyrrole nitrogens is 2. The van der Waals surface area contributed by atoms with Gasteiger partial charge in [0.2, 0.25) is 0 Å². The third kappa shape index (κ3) is 3.33. The number of aromatic nitrogens is 2. The molecule has 1 fully saturated rings. The largest absolute Gasteiger partial charge is 0.466 e. The maximum absolute atomic E-state index is 13.7. The first-order chi connectivity index (χ1) is 11.5. The van der Waals surface area contributed by atoms with Crippen LogP contribution in [0.1, 0.15) is 36.5 Å². The molecule has 0 unspecified atom stereocenters. The van der Waals surface area contributed by atoms with Crippen LogP contribution in [-0.4, -0.2) is 34.5 Å². The quantitative estimate of drug-likeness (QED) is 0.584. The summed E-state index contributed by atoms with van der Waals surface area (Å²) in [6.07, 6.45) is 1.90. The van der Waals surface area contributed by atoms with Gasteiger partial charge in [-0.05, 0) is 50.5 Å². The van der Waals surface area contributed by atoms with Crippen LogP contribution in [0.5, 0.6) is 0 Å². The second-order valence-corrected chi connectivity index (χ2v) is 6.30. The Bertz CT molecular complexity index is 845. The molecular formula is C16H18FN3O3S. The molecule has 0 aliphatic heterocycles. The van der Waals surface area contributed by atoms with Crippen molar-refractivity contribution in [2.45, 2.75) is 32.2 Å². The Balaban J connectivity index is 1.74. The number of carbonyl (C=O) groups is 2. The molecule has 6 nitrogen and oxygen atoms in total. The van der Waals surface area contributed by atoms with E-state index in [-0.39, 0.29) is 29.4 Å². The summed E-state index contributed by atoms with van der Waals surface area (Å²) in [6, 6.07) is 2.33. The van der Waals surface area contributed by atoms with Gasteiger partial charge in [0.1, 0.15) is 5.82 Å². The van der Waals surface area contributed by atoms with Crippen molar-refractivity contribution in [1.29, 1.82) is 0 Å². The zero-order valence-electron chi connectivity index (χ0n) is 13.1. The molecule has 0 radical (unpaired) electrons. The Morgan fingerprint density at radius 1 is 1.38 bits per heavy atom. The number of ether oxygens (including phenoxy) is 1. The summed E-state index contributed by atoms with van der Waals surface area (Å²) in [7, 11) is 0. The fraction of sp³-hybridized carbons (Fsp3) is 0.438. The number of carbonyl (C=O) groups excluding carboxylic acids is 2. The second kappa shape index (κ2) is 6.72. The molecular weight excluding hydrogens is 333 g/mol. The average molecular weight is 351 g/mol. The van der Waals surface area contributed by atoms with Crippen LogP contribution >= 0.6 is 12.2 Å². The Morgan fingerprint density at radius 2 is 2.17 bits per heavy atom. The van der Waals surface area contributed by atoms with Crippen LogP contribution in [0.3, 0.4) is 0 Å². The number of halogens is 1. The SMILES string of the molecule is CCOC(=O)[C@H]1CC[C@H](NC(=O)c2cc(F)cc3[nH]c(=S)[nH]c23)C1. The zero-order valence-corrected chi connectivity index (χ0v) is 14.0. The van der Waals surface area contributed by atoms with Crippen molar-refractivity contribution < 1.29 is 18.7 Å². The zero-order chi connectivity index (χ0) is 17.3. The van der Waals surface area contributed by atoms with Gasteiger partial charge in [-0.1, -0.05) is 0 Å². The fourth-order valence-electron chi connectivity index (χ4n) is 3.14. The minimum absolute atomic E-state index is 0.132. The highest BCUT2D eigenvalue weighted by atomic mass is 32.1. The van der Waals surface area contributed by atoms with Crippen molar-refractivity contribution in [2.75, 3.05) is 6.61 Å². The summed E-state index contributed by atoms with van der Waals surface area (Å²) in [5, 5.41) is 2.87. The minimum Gasteiger partial charge on any atom is -0.466 e. The van der Waals surface area contributed by atoms with E-state index in [0.29, 0.717) is 41.7 Å². The summed E-state index contributed by atoms with van der Waals surface area (Å²) < 4.78 is 19.1. The maximum Gasteiger partial charge on any atom is 0.308 e. The van der Waals surface area contributed by atoms with Gasteiger partial charge in [-0.15, -0.1) is 0 Å². The molecule has 0 spiro atoms. The standard InChI is InChI=1S/C16H18FN3O3S/c1-2-23-15(22)8-3-4-10(5-8)18-14(21)11-6-9(17)7-12-13(11)20-16(24)19-12/h6-8,10H,2-5H2,1H3,(H,18,21)(H2,19,20,24)/t8-,10-/m0/s1. The van der Waals surface area contributed by atoms with Crippen molar-refractivity contribution in [1.82, 2.24) is 15.3 Å². The summed E-state index contributed by atoms with van der Waals surface area (Å²) in [5.41, 5.74) is 1.11. The molecule has 128 valence electrons. The molecule has 1 aliphatic carbocycles. The van der Waals surface area contributed by atoms with E-state index in [0.717, 1.165) is 0 Å². The molecule has 1 saturated carbocycles. The molecule has 0 bridgehead atoms. The number of rotatable bonds is 4. The first-order valence-electron chi connectivity index (χ1n) is 7.87. The lowest BCUT2D eigenvalue weighted by Gasteiger charge is -2.13. The lowest BCUT2D eigenvalue weighted by Crippen LogP contribution is -2.33. The Hall–Kier alpha value is -2.22. The lowest BCUT2D eigenvalue weighted by molar-refractivity contribution is -0.147. The Kier molecular flexibility index (Phi) is 4.66. The van der Waals surface area contributed by atoms with E-state index in [9.17, 15) is 14.0 Å². The molecule has 3 N–H and O–H groups in total. The first kappa shape index (κ1) is 16.6. The fourth-order valence-corrected chi connectivity index (χ4v) is 3.35. The molecule has 1 aromatic carbocycles. The highest BCUT2D eigenvalue weighted by Crippen LogP contribution is 2.27. The molecule has 3 rings (SSSR count). The number of aromatic amines is 2. The van der Waals surface area contributed by atoms with Gasteiger partial charge in [0.25, 0.3) is 5.91 Å². The molecule has 2 aromatic rings. The third-order valence-corrected chi connectivity index (χ3v) is 4.43. The molecule has 24 heavy (non-hydrogen) atoms. The number of hydrogen-bond donors (Lipinski definition) is 3. The predicted octanol–water partition coefficient (Wildman–Crippen LogP) is 2.83. The number of esters is 1. The van der Waals surface area contributed by atoms with Crippen LogP contribution in [0.2, 0.25) is 0 Å². The average Bonchev–Trinajstić information content (AvgIpc) is 3.12. The van der Waals surface area contributed by atoms with Gasteiger partial charge in [0.15, 0.2) is 4.77 Å². The minimum atomic E-state index is -0.520. The van der Waals surface area contributed by atoms with E-state index in [1.165, 1.54) is 12.1 Å². The monoisotopic (exact) mass is 351 g/mol. The van der Waals surface area contributed by atoms with Gasteiger partial charge in [0, 0.05) is 6.04 Å². The Morgan fingerprint density at radius 3 is 2.92 bits per heavy atom. The molecule has 1 aliphatic rings. The summed E-state index contributed by atoms with van der Waals surface area (Å²) >= 11 is 5.00. The maximum atomic E-state index is 13.7. The van der Waals surface area contributed by atoms with Crippen molar-refractivity contribution in [3.8, 4) is 0 Å². The van der Waals surface area contributed by atoms with Crippen LogP contribution in [0, 0.1) is 16.5 Å². The number of benzene rings is 1. The van der Waals surface area contributed by atoms with Crippen molar-refractivity contribution in [3.05, 3.63) is 28.3 Å². The molecule has 2 atom stereocenters. The lowest BCUT2D eigenvalue weighted by atomic mass is 10.1. The number of amides is 1. The van der Waals surface area contributed by atoms with Crippen LogP contribution in [-0.2, 0) is 9.53 Å². The number of hydrogen-bond acceptors (Lipinski definition) is 4. The topological polar surface area (TPSA) is 87.0 Å². The van der Waals surface area contributed by atoms with Crippen LogP contribution < -0.4 is 5.32 Å². The van der Waals surface area contributed by atoms with Gasteiger partial charge in [0.05, 0.1) is 29.1 Å². The van der Waals surface area contributed by atoms with Crippen LogP contribution in [0.25, 0.3) is 11.0 Å². The van der Waals surface area contributed by atoms with E-state index < -0.39 is 5.82 Å². The summed E-state index contributed by atoms with van der Waals surface area (Å²) in [6.45, 7) is 2.11. The van der Waals surface area contributed by atoms with Crippen molar-refractivity contribution in [3.63, 3.8) is 0 Å². The summed E-state index contributed by atoms with van der Waals surface area (Å²) in [4.78, 5) is 29.9. The van der Waals surface area contributed by atoms with Gasteiger partial charge in [-0.3, -0.25) is 9.59 Å². The van der Waals surface area contributed by atoms with Gasteiger partial charge >= 0.3 is 5.97 Å². The molecule has 8 heteroatoms. The van der Waals surface area contributed by atoms with E-state index in [4.69, 9.17) is 17.0 Å². The number of nitrogens with one attached hydrogen (secondary N) is 3. The highest BCUT2D eigenvalue weighted by molar-refractivity contribution is 7.71. The first-order valence-corrected chi connectivity index (χ1v) is 8.27. The molecule has 1 amide bonds. The number of fused-ring (bicyclic) bond motifs is 1. The van der Waals surface area contributed by atoms with E-state index >= 15 is 0 Å². The van der Waals surface area contributed by atoms with Gasteiger partial charge in [-0.2, -0.15) is 0 Å². The second-order valence-electron chi connectivity index (χ2n) is 5.89. The van der Waals surface area contributed by atoms with Crippen molar-refractivity contribution >= 4 is 35.1 Å². The van der Waals surface area contributed by atoms with Crippen molar-refractivity contribution in [2.24, 2.45) is 5.92 Å². The van der Waals surface area contributed by atoms with E-state index in [2.05, 4.69) is 15.3 Å². The molecule has 1 heterocycles. The summed E-state index contributed by atoms with van der Waals surface area (Å²) in [5.74, 6) is -1.33. The highest BCUT2D eigenvalue weighted by Gasteiger charge is 2.32. The third-order valence-electron chi connectivity index (χ3n) is 4.22. The van der Waals surface area contributed by atoms with Gasteiger partial charge < -0.3 is 20.0 Å². The van der Waals surface area contributed by atoms with E-state index in [1.54, 1.807) is 6.92 Å². The van der Waals surface area contributed by atoms with E-state index in [1.807, 2.05) is 0 Å². The normalized spacial score (nSPS) is 20.2. The Labute approximate surface area is 142 Å². The smallest absolute Gasteiger partial charge is 0.308 e. The van der Waals surface area contributed by atoms with Gasteiger partial charge in [-0.25, -0.2) is 4.39 Å². The number of imidazole rings is 1. The predicted molar refractivity (Wildman–Crippen MR) is 88.7 cm³/mol. The van der Waals surface area contributed by atoms with Crippen LogP contribution in [0.4, 0.5) is 4.39 Å². The molecule has 1 aromatic heterocycles.